The maximum absolute atomic E-state index is 12.6. The topological polar surface area (TPSA) is 55.8 Å². The first-order valence-electron chi connectivity index (χ1n) is 7.06. The zero-order chi connectivity index (χ0) is 17.0. The number of benzene rings is 1. The third-order valence-corrected chi connectivity index (χ3v) is 4.59. The maximum atomic E-state index is 12.6. The van der Waals surface area contributed by atoms with Crippen molar-refractivity contribution in [3.8, 4) is 5.75 Å². The number of amides is 1. The van der Waals surface area contributed by atoms with Crippen LogP contribution in [0.15, 0.2) is 29.2 Å². The van der Waals surface area contributed by atoms with Crippen molar-refractivity contribution < 1.29 is 19.1 Å². The molecule has 1 aliphatic rings. The number of ether oxygens (including phenoxy) is 2. The number of carbonyl (C=O) groups excluding carboxylic acids is 2. The number of para-hydroxylation sites is 1. The second kappa shape index (κ2) is 7.61. The molecule has 1 heterocycles. The van der Waals surface area contributed by atoms with Crippen molar-refractivity contribution in [2.24, 2.45) is 0 Å². The lowest BCUT2D eigenvalue weighted by Crippen LogP contribution is -2.42. The van der Waals surface area contributed by atoms with E-state index in [1.54, 1.807) is 13.0 Å². The fraction of sp³-hybridized carbons (Fsp3) is 0.312. The third kappa shape index (κ3) is 3.73. The second-order valence-corrected chi connectivity index (χ2v) is 6.40. The van der Waals surface area contributed by atoms with Crippen molar-refractivity contribution in [3.63, 3.8) is 0 Å². The van der Waals surface area contributed by atoms with Crippen LogP contribution in [0.25, 0.3) is 6.08 Å². The van der Waals surface area contributed by atoms with Crippen LogP contribution in [0, 0.1) is 0 Å². The first-order chi connectivity index (χ1) is 11.0. The van der Waals surface area contributed by atoms with Crippen molar-refractivity contribution in [2.75, 3.05) is 13.7 Å². The highest BCUT2D eigenvalue weighted by Crippen LogP contribution is 2.35. The first kappa shape index (κ1) is 17.5. The van der Waals surface area contributed by atoms with Gasteiger partial charge in [-0.3, -0.25) is 9.69 Å². The number of rotatable bonds is 5. The van der Waals surface area contributed by atoms with E-state index in [1.807, 2.05) is 31.2 Å². The van der Waals surface area contributed by atoms with E-state index in [0.717, 1.165) is 5.56 Å². The smallest absolute Gasteiger partial charge is 0.328 e. The van der Waals surface area contributed by atoms with Gasteiger partial charge in [0.1, 0.15) is 16.1 Å². The molecule has 1 aromatic rings. The number of thioether (sulfide) groups is 1. The lowest BCUT2D eigenvalue weighted by atomic mass is 10.2. The minimum Gasteiger partial charge on any atom is -0.493 e. The Balaban J connectivity index is 2.31. The fourth-order valence-corrected chi connectivity index (χ4v) is 3.53. The van der Waals surface area contributed by atoms with Crippen molar-refractivity contribution in [1.82, 2.24) is 4.90 Å². The second-order valence-electron chi connectivity index (χ2n) is 4.72. The van der Waals surface area contributed by atoms with Gasteiger partial charge in [0.2, 0.25) is 0 Å². The summed E-state index contributed by atoms with van der Waals surface area (Å²) in [6.45, 7) is 4.02. The maximum Gasteiger partial charge on any atom is 0.328 e. The molecule has 2 rings (SSSR count). The van der Waals surface area contributed by atoms with Crippen LogP contribution in [-0.4, -0.2) is 40.9 Å². The molecule has 0 unspecified atom stereocenters. The first-order valence-corrected chi connectivity index (χ1v) is 8.28. The van der Waals surface area contributed by atoms with E-state index in [2.05, 4.69) is 4.74 Å². The molecule has 1 fully saturated rings. The highest BCUT2D eigenvalue weighted by molar-refractivity contribution is 8.26. The van der Waals surface area contributed by atoms with Crippen LogP contribution in [0.4, 0.5) is 0 Å². The normalized spacial score (nSPS) is 17.5. The number of methoxy groups -OCH3 is 1. The van der Waals surface area contributed by atoms with E-state index in [4.69, 9.17) is 17.0 Å². The van der Waals surface area contributed by atoms with E-state index < -0.39 is 12.0 Å². The van der Waals surface area contributed by atoms with Crippen LogP contribution in [0.5, 0.6) is 5.75 Å². The predicted molar refractivity (Wildman–Crippen MR) is 94.1 cm³/mol. The Morgan fingerprint density at radius 2 is 2.13 bits per heavy atom. The summed E-state index contributed by atoms with van der Waals surface area (Å²) in [7, 11) is 1.28. The Labute approximate surface area is 144 Å². The quantitative estimate of drug-likeness (QED) is 0.462. The Morgan fingerprint density at radius 1 is 1.43 bits per heavy atom. The molecule has 0 radical (unpaired) electrons. The van der Waals surface area contributed by atoms with Gasteiger partial charge in [0, 0.05) is 5.56 Å². The Kier molecular flexibility index (Phi) is 5.79. The number of thiocarbonyl (C=S) groups is 1. The van der Waals surface area contributed by atoms with Gasteiger partial charge in [0.05, 0.1) is 18.6 Å². The summed E-state index contributed by atoms with van der Waals surface area (Å²) in [5, 5.41) is 0. The van der Waals surface area contributed by atoms with Crippen LogP contribution in [-0.2, 0) is 14.3 Å². The number of carbonyl (C=O) groups is 2. The van der Waals surface area contributed by atoms with Crippen molar-refractivity contribution in [1.29, 1.82) is 0 Å². The van der Waals surface area contributed by atoms with Gasteiger partial charge in [0.15, 0.2) is 0 Å². The number of hydrogen-bond acceptors (Lipinski definition) is 6. The molecule has 1 aliphatic heterocycles. The van der Waals surface area contributed by atoms with Crippen LogP contribution in [0.3, 0.4) is 0 Å². The molecule has 1 atom stereocenters. The molecule has 0 aliphatic carbocycles. The Bertz CT molecular complexity index is 672. The lowest BCUT2D eigenvalue weighted by Gasteiger charge is -2.20. The Morgan fingerprint density at radius 3 is 2.78 bits per heavy atom. The van der Waals surface area contributed by atoms with E-state index >= 15 is 0 Å². The van der Waals surface area contributed by atoms with Crippen molar-refractivity contribution >= 4 is 46.3 Å². The summed E-state index contributed by atoms with van der Waals surface area (Å²) in [5.41, 5.74) is 0.792. The number of esters is 1. The molecule has 122 valence electrons. The zero-order valence-corrected chi connectivity index (χ0v) is 14.7. The molecular weight excluding hydrogens is 334 g/mol. The van der Waals surface area contributed by atoms with Gasteiger partial charge in [-0.1, -0.05) is 42.2 Å². The molecule has 0 saturated carbocycles. The van der Waals surface area contributed by atoms with Crippen LogP contribution >= 0.6 is 24.0 Å². The minimum atomic E-state index is -0.750. The van der Waals surface area contributed by atoms with Gasteiger partial charge < -0.3 is 9.47 Å². The van der Waals surface area contributed by atoms with E-state index in [0.29, 0.717) is 21.6 Å². The van der Waals surface area contributed by atoms with Gasteiger partial charge in [-0.25, -0.2) is 4.79 Å². The summed E-state index contributed by atoms with van der Waals surface area (Å²) in [6.07, 6.45) is 1.73. The summed E-state index contributed by atoms with van der Waals surface area (Å²) in [5.74, 6) is -0.109. The average molecular weight is 351 g/mol. The van der Waals surface area contributed by atoms with Gasteiger partial charge in [-0.15, -0.1) is 0 Å². The summed E-state index contributed by atoms with van der Waals surface area (Å²) >= 11 is 6.39. The van der Waals surface area contributed by atoms with Gasteiger partial charge in [-0.2, -0.15) is 0 Å². The standard InChI is InChI=1S/C16H17NO4S2/c1-4-21-12-8-6-5-7-11(12)9-13-14(18)17(16(22)23-13)10(2)15(19)20-3/h5-10H,4H2,1-3H3/b13-9-/t10-/m0/s1. The molecular formula is C16H17NO4S2. The molecule has 1 amide bonds. The largest absolute Gasteiger partial charge is 0.493 e. The van der Waals surface area contributed by atoms with E-state index in [9.17, 15) is 9.59 Å². The lowest BCUT2D eigenvalue weighted by molar-refractivity contribution is -0.147. The summed E-state index contributed by atoms with van der Waals surface area (Å²) in [6, 6.07) is 6.69. The van der Waals surface area contributed by atoms with Gasteiger partial charge >= 0.3 is 5.97 Å². The highest BCUT2D eigenvalue weighted by atomic mass is 32.2. The van der Waals surface area contributed by atoms with Crippen LogP contribution in [0.2, 0.25) is 0 Å². The number of hydrogen-bond donors (Lipinski definition) is 0. The molecule has 1 aromatic carbocycles. The summed E-state index contributed by atoms with van der Waals surface area (Å²) < 4.78 is 10.6. The van der Waals surface area contributed by atoms with Crippen molar-refractivity contribution in [2.45, 2.75) is 19.9 Å². The van der Waals surface area contributed by atoms with Gasteiger partial charge in [-0.05, 0) is 26.0 Å². The fourth-order valence-electron chi connectivity index (χ4n) is 2.12. The van der Waals surface area contributed by atoms with Crippen molar-refractivity contribution in [3.05, 3.63) is 34.7 Å². The van der Waals surface area contributed by atoms with Crippen LogP contribution < -0.4 is 4.74 Å². The minimum absolute atomic E-state index is 0.302. The molecule has 0 N–H and O–H groups in total. The third-order valence-electron chi connectivity index (χ3n) is 3.26. The average Bonchev–Trinajstić information content (AvgIpc) is 2.82. The SMILES string of the molecule is CCOc1ccccc1/C=C1\SC(=S)N([C@@H](C)C(=O)OC)C1=O. The molecule has 7 heteroatoms. The van der Waals surface area contributed by atoms with Gasteiger partial charge in [0.25, 0.3) is 5.91 Å². The Hall–Kier alpha value is -1.86. The molecule has 1 saturated heterocycles. The number of nitrogens with zero attached hydrogens (tertiary/aromatic N) is 1. The molecule has 0 spiro atoms. The van der Waals surface area contributed by atoms with E-state index in [1.165, 1.54) is 23.8 Å². The monoisotopic (exact) mass is 351 g/mol. The molecule has 23 heavy (non-hydrogen) atoms. The molecule has 0 aromatic heterocycles. The predicted octanol–water partition coefficient (Wildman–Crippen LogP) is 2.85. The highest BCUT2D eigenvalue weighted by Gasteiger charge is 2.38. The zero-order valence-electron chi connectivity index (χ0n) is 13.1. The van der Waals surface area contributed by atoms with Crippen LogP contribution in [0.1, 0.15) is 19.4 Å². The summed E-state index contributed by atoms with van der Waals surface area (Å²) in [4.78, 5) is 26.0. The molecule has 5 nitrogen and oxygen atoms in total. The van der Waals surface area contributed by atoms with E-state index in [-0.39, 0.29) is 5.91 Å². The molecule has 0 bridgehead atoms.